The Morgan fingerprint density at radius 3 is 2.70 bits per heavy atom. The molecule has 1 aromatic heterocycles. The van der Waals surface area contributed by atoms with E-state index in [-0.39, 0.29) is 5.91 Å². The third-order valence-corrected chi connectivity index (χ3v) is 5.94. The Morgan fingerprint density at radius 1 is 1.22 bits per heavy atom. The highest BCUT2D eigenvalue weighted by molar-refractivity contribution is 5.89. The second-order valence-corrected chi connectivity index (χ2v) is 8.42. The summed E-state index contributed by atoms with van der Waals surface area (Å²) < 4.78 is 5.55. The first-order valence-electron chi connectivity index (χ1n) is 10.3. The number of fused-ring (bicyclic) bond motifs is 1. The van der Waals surface area contributed by atoms with Gasteiger partial charge in [0, 0.05) is 62.0 Å². The number of nitrogens with zero attached hydrogens (tertiary/aromatic N) is 2. The number of carbonyl (C=O) groups is 1. The van der Waals surface area contributed by atoms with E-state index in [0.29, 0.717) is 24.4 Å². The van der Waals surface area contributed by atoms with Crippen molar-refractivity contribution in [2.75, 3.05) is 32.8 Å². The minimum atomic E-state index is 0.243. The van der Waals surface area contributed by atoms with E-state index in [1.54, 1.807) is 0 Å². The Bertz CT molecular complexity index is 773. The summed E-state index contributed by atoms with van der Waals surface area (Å²) in [5, 5.41) is 1.16. The number of amides is 1. The molecule has 2 aromatic rings. The van der Waals surface area contributed by atoms with Gasteiger partial charge in [-0.05, 0) is 30.4 Å². The number of aromatic amines is 1. The number of hydrogen-bond acceptors (Lipinski definition) is 3. The SMILES string of the molecule is CC(C)CN(C1CCOCC1)C1CN(C(=O)Cc2c[nH]c3ccccc23)C1. The zero-order valence-corrected chi connectivity index (χ0v) is 16.5. The van der Waals surface area contributed by atoms with Crippen molar-refractivity contribution in [1.82, 2.24) is 14.8 Å². The number of ether oxygens (including phenoxy) is 1. The fourth-order valence-electron chi connectivity index (χ4n) is 4.46. The fourth-order valence-corrected chi connectivity index (χ4v) is 4.46. The van der Waals surface area contributed by atoms with Crippen molar-refractivity contribution < 1.29 is 9.53 Å². The van der Waals surface area contributed by atoms with Gasteiger partial charge in [-0.3, -0.25) is 9.69 Å². The first-order chi connectivity index (χ1) is 13.1. The third-order valence-electron chi connectivity index (χ3n) is 5.94. The highest BCUT2D eigenvalue weighted by atomic mass is 16.5. The monoisotopic (exact) mass is 369 g/mol. The summed E-state index contributed by atoms with van der Waals surface area (Å²) in [4.78, 5) is 20.7. The van der Waals surface area contributed by atoms with Gasteiger partial charge in [-0.15, -0.1) is 0 Å². The molecule has 2 aliphatic rings. The van der Waals surface area contributed by atoms with Crippen LogP contribution in [0.15, 0.2) is 30.5 Å². The Morgan fingerprint density at radius 2 is 1.96 bits per heavy atom. The quantitative estimate of drug-likeness (QED) is 0.851. The van der Waals surface area contributed by atoms with E-state index < -0.39 is 0 Å². The molecule has 2 saturated heterocycles. The van der Waals surface area contributed by atoms with Crippen molar-refractivity contribution in [3.8, 4) is 0 Å². The molecule has 2 aliphatic heterocycles. The molecule has 0 saturated carbocycles. The second-order valence-electron chi connectivity index (χ2n) is 8.42. The van der Waals surface area contributed by atoms with E-state index in [9.17, 15) is 4.79 Å². The molecule has 1 aromatic carbocycles. The summed E-state index contributed by atoms with van der Waals surface area (Å²) in [6.45, 7) is 9.15. The van der Waals surface area contributed by atoms with Crippen LogP contribution in [0.1, 0.15) is 32.3 Å². The van der Waals surface area contributed by atoms with E-state index in [0.717, 1.165) is 62.2 Å². The lowest BCUT2D eigenvalue weighted by Crippen LogP contribution is -2.64. The van der Waals surface area contributed by atoms with E-state index in [1.807, 2.05) is 23.2 Å². The van der Waals surface area contributed by atoms with Crippen LogP contribution in [0, 0.1) is 5.92 Å². The molecule has 3 heterocycles. The van der Waals surface area contributed by atoms with Gasteiger partial charge in [0.2, 0.25) is 5.91 Å². The van der Waals surface area contributed by atoms with E-state index in [1.165, 1.54) is 0 Å². The number of H-pyrrole nitrogens is 1. The van der Waals surface area contributed by atoms with Crippen molar-refractivity contribution in [3.05, 3.63) is 36.0 Å². The van der Waals surface area contributed by atoms with Crippen LogP contribution in [0.2, 0.25) is 0 Å². The lowest BCUT2D eigenvalue weighted by Gasteiger charge is -2.49. The molecule has 146 valence electrons. The Hall–Kier alpha value is -1.85. The average molecular weight is 370 g/mol. The van der Waals surface area contributed by atoms with E-state index in [4.69, 9.17) is 4.74 Å². The van der Waals surface area contributed by atoms with Crippen LogP contribution in [-0.4, -0.2) is 65.6 Å². The molecule has 5 nitrogen and oxygen atoms in total. The van der Waals surface area contributed by atoms with Crippen LogP contribution < -0.4 is 0 Å². The molecule has 4 rings (SSSR count). The predicted octanol–water partition coefficient (Wildman–Crippen LogP) is 3.06. The summed E-state index contributed by atoms with van der Waals surface area (Å²) in [5.74, 6) is 0.885. The van der Waals surface area contributed by atoms with Crippen molar-refractivity contribution in [1.29, 1.82) is 0 Å². The predicted molar refractivity (Wildman–Crippen MR) is 108 cm³/mol. The average Bonchev–Trinajstić information content (AvgIpc) is 3.03. The minimum absolute atomic E-state index is 0.243. The molecule has 0 unspecified atom stereocenters. The number of hydrogen-bond donors (Lipinski definition) is 1. The Balaban J connectivity index is 1.36. The smallest absolute Gasteiger partial charge is 0.227 e. The topological polar surface area (TPSA) is 48.6 Å². The number of para-hydroxylation sites is 1. The molecule has 0 spiro atoms. The molecular formula is C22H31N3O2. The first-order valence-corrected chi connectivity index (χ1v) is 10.3. The number of aromatic nitrogens is 1. The van der Waals surface area contributed by atoms with Crippen molar-refractivity contribution in [2.45, 2.75) is 45.2 Å². The van der Waals surface area contributed by atoms with Crippen molar-refractivity contribution in [2.24, 2.45) is 5.92 Å². The Labute approximate surface area is 161 Å². The summed E-state index contributed by atoms with van der Waals surface area (Å²) in [6.07, 6.45) is 4.70. The van der Waals surface area contributed by atoms with Crippen LogP contribution in [-0.2, 0) is 16.0 Å². The van der Waals surface area contributed by atoms with Crippen LogP contribution >= 0.6 is 0 Å². The van der Waals surface area contributed by atoms with Gasteiger partial charge in [0.05, 0.1) is 6.42 Å². The van der Waals surface area contributed by atoms with Gasteiger partial charge in [-0.2, -0.15) is 0 Å². The number of benzene rings is 1. The molecule has 0 radical (unpaired) electrons. The summed E-state index contributed by atoms with van der Waals surface area (Å²) >= 11 is 0. The summed E-state index contributed by atoms with van der Waals surface area (Å²) in [6, 6.07) is 9.30. The molecule has 0 bridgehead atoms. The zero-order valence-electron chi connectivity index (χ0n) is 16.5. The highest BCUT2D eigenvalue weighted by Gasteiger charge is 2.38. The highest BCUT2D eigenvalue weighted by Crippen LogP contribution is 2.26. The lowest BCUT2D eigenvalue weighted by molar-refractivity contribution is -0.139. The second kappa shape index (κ2) is 8.03. The molecule has 2 fully saturated rings. The number of rotatable bonds is 6. The minimum Gasteiger partial charge on any atom is -0.381 e. The molecular weight excluding hydrogens is 338 g/mol. The summed E-state index contributed by atoms with van der Waals surface area (Å²) in [7, 11) is 0. The van der Waals surface area contributed by atoms with Gasteiger partial charge in [-0.25, -0.2) is 0 Å². The fraction of sp³-hybridized carbons (Fsp3) is 0.591. The molecule has 1 N–H and O–H groups in total. The normalized spacial score (nSPS) is 19.2. The van der Waals surface area contributed by atoms with Gasteiger partial charge in [-0.1, -0.05) is 32.0 Å². The van der Waals surface area contributed by atoms with E-state index in [2.05, 4.69) is 35.9 Å². The van der Waals surface area contributed by atoms with Gasteiger partial charge in [0.25, 0.3) is 0 Å². The molecule has 0 atom stereocenters. The number of likely N-dealkylation sites (tertiary alicyclic amines) is 1. The van der Waals surface area contributed by atoms with Gasteiger partial charge < -0.3 is 14.6 Å². The van der Waals surface area contributed by atoms with Gasteiger partial charge >= 0.3 is 0 Å². The van der Waals surface area contributed by atoms with Crippen molar-refractivity contribution >= 4 is 16.8 Å². The van der Waals surface area contributed by atoms with Gasteiger partial charge in [0.1, 0.15) is 0 Å². The first kappa shape index (κ1) is 18.5. The molecule has 0 aliphatic carbocycles. The zero-order chi connectivity index (χ0) is 18.8. The van der Waals surface area contributed by atoms with Crippen LogP contribution in [0.25, 0.3) is 10.9 Å². The van der Waals surface area contributed by atoms with Crippen LogP contribution in [0.4, 0.5) is 0 Å². The maximum Gasteiger partial charge on any atom is 0.227 e. The largest absolute Gasteiger partial charge is 0.381 e. The van der Waals surface area contributed by atoms with Crippen molar-refractivity contribution in [3.63, 3.8) is 0 Å². The maximum absolute atomic E-state index is 12.8. The number of carbonyl (C=O) groups excluding carboxylic acids is 1. The van der Waals surface area contributed by atoms with E-state index >= 15 is 0 Å². The summed E-state index contributed by atoms with van der Waals surface area (Å²) in [5.41, 5.74) is 2.20. The Kier molecular flexibility index (Phi) is 5.50. The maximum atomic E-state index is 12.8. The van der Waals surface area contributed by atoms with Crippen LogP contribution in [0.5, 0.6) is 0 Å². The number of nitrogens with one attached hydrogen (secondary N) is 1. The standard InChI is InChI=1S/C22H31N3O2/c1-16(2)13-25(18-7-9-27-10-8-18)19-14-24(15-19)22(26)11-17-12-23-21-6-4-3-5-20(17)21/h3-6,12,16,18-19,23H,7-11,13-15H2,1-2H3. The molecule has 1 amide bonds. The van der Waals surface area contributed by atoms with Crippen LogP contribution in [0.3, 0.4) is 0 Å². The molecule has 27 heavy (non-hydrogen) atoms. The lowest BCUT2D eigenvalue weighted by atomic mass is 9.97. The van der Waals surface area contributed by atoms with Gasteiger partial charge in [0.15, 0.2) is 0 Å². The molecule has 5 heteroatoms. The third kappa shape index (κ3) is 4.04.